The monoisotopic (exact) mass is 340 g/mol. The van der Waals surface area contributed by atoms with Gasteiger partial charge in [-0.2, -0.15) is 0 Å². The van der Waals surface area contributed by atoms with Crippen LogP contribution in [0.5, 0.6) is 0 Å². The molecule has 1 heterocycles. The summed E-state index contributed by atoms with van der Waals surface area (Å²) in [7, 11) is 2.89. The SMILES string of the molecule is COCCOC(=O)C1=C(C)N(C)C(=O)N[C@H]1c1c(F)cccc1F. The van der Waals surface area contributed by atoms with Gasteiger partial charge in [-0.3, -0.25) is 0 Å². The Hall–Kier alpha value is -2.48. The number of carbonyl (C=O) groups excluding carboxylic acids is 2. The van der Waals surface area contributed by atoms with E-state index >= 15 is 0 Å². The normalized spacial score (nSPS) is 17.8. The lowest BCUT2D eigenvalue weighted by molar-refractivity contribution is -0.140. The predicted octanol–water partition coefficient (Wildman–Crippen LogP) is 2.12. The summed E-state index contributed by atoms with van der Waals surface area (Å²) in [5.74, 6) is -2.50. The van der Waals surface area contributed by atoms with Gasteiger partial charge in [0.15, 0.2) is 0 Å². The summed E-state index contributed by atoms with van der Waals surface area (Å²) in [6, 6.07) is 1.48. The molecule has 8 heteroatoms. The lowest BCUT2D eigenvalue weighted by atomic mass is 9.94. The average molecular weight is 340 g/mol. The van der Waals surface area contributed by atoms with Gasteiger partial charge in [0.05, 0.1) is 23.8 Å². The van der Waals surface area contributed by atoms with Crippen molar-refractivity contribution >= 4 is 12.0 Å². The lowest BCUT2D eigenvalue weighted by Crippen LogP contribution is -2.46. The number of hydrogen-bond acceptors (Lipinski definition) is 4. The summed E-state index contributed by atoms with van der Waals surface area (Å²) in [5.41, 5.74) is -0.178. The molecule has 0 aromatic heterocycles. The van der Waals surface area contributed by atoms with Crippen molar-refractivity contribution in [2.75, 3.05) is 27.4 Å². The van der Waals surface area contributed by atoms with Crippen LogP contribution < -0.4 is 5.32 Å². The zero-order chi connectivity index (χ0) is 17.9. The Morgan fingerprint density at radius 3 is 2.50 bits per heavy atom. The van der Waals surface area contributed by atoms with Crippen LogP contribution in [-0.2, 0) is 14.3 Å². The van der Waals surface area contributed by atoms with E-state index in [1.54, 1.807) is 0 Å². The number of hydrogen-bond donors (Lipinski definition) is 1. The second-order valence-corrected chi connectivity index (χ2v) is 5.20. The van der Waals surface area contributed by atoms with Crippen molar-refractivity contribution in [3.63, 3.8) is 0 Å². The van der Waals surface area contributed by atoms with Crippen LogP contribution in [0.15, 0.2) is 29.5 Å². The minimum atomic E-state index is -1.27. The van der Waals surface area contributed by atoms with E-state index in [9.17, 15) is 18.4 Å². The topological polar surface area (TPSA) is 67.9 Å². The molecule has 1 aromatic carbocycles. The highest BCUT2D eigenvalue weighted by molar-refractivity contribution is 5.95. The molecular weight excluding hydrogens is 322 g/mol. The summed E-state index contributed by atoms with van der Waals surface area (Å²) >= 11 is 0. The Morgan fingerprint density at radius 1 is 1.29 bits per heavy atom. The first kappa shape index (κ1) is 17.9. The van der Waals surface area contributed by atoms with E-state index in [2.05, 4.69) is 5.32 Å². The maximum absolute atomic E-state index is 14.1. The maximum atomic E-state index is 14.1. The molecular formula is C16H18F2N2O4. The Morgan fingerprint density at radius 2 is 1.92 bits per heavy atom. The van der Waals surface area contributed by atoms with Crippen molar-refractivity contribution in [3.8, 4) is 0 Å². The fraction of sp³-hybridized carbons (Fsp3) is 0.375. The first-order chi connectivity index (χ1) is 11.4. The smallest absolute Gasteiger partial charge is 0.338 e. The van der Waals surface area contributed by atoms with Crippen molar-refractivity contribution in [2.24, 2.45) is 0 Å². The van der Waals surface area contributed by atoms with E-state index in [-0.39, 0.29) is 24.5 Å². The van der Waals surface area contributed by atoms with Gasteiger partial charge >= 0.3 is 12.0 Å². The van der Waals surface area contributed by atoms with Gasteiger partial charge in [0, 0.05) is 19.9 Å². The van der Waals surface area contributed by atoms with Crippen molar-refractivity contribution < 1.29 is 27.8 Å². The summed E-state index contributed by atoms with van der Waals surface area (Å²) in [6.45, 7) is 1.67. The van der Waals surface area contributed by atoms with E-state index in [0.29, 0.717) is 0 Å². The lowest BCUT2D eigenvalue weighted by Gasteiger charge is -2.33. The summed E-state index contributed by atoms with van der Waals surface area (Å²) < 4.78 is 38.1. The van der Waals surface area contributed by atoms with Crippen LogP contribution >= 0.6 is 0 Å². The minimum Gasteiger partial charge on any atom is -0.460 e. The van der Waals surface area contributed by atoms with E-state index in [1.807, 2.05) is 0 Å². The number of methoxy groups -OCH3 is 1. The molecule has 130 valence electrons. The van der Waals surface area contributed by atoms with Gasteiger partial charge in [0.2, 0.25) is 0 Å². The van der Waals surface area contributed by atoms with Gasteiger partial charge in [-0.05, 0) is 19.1 Å². The quantitative estimate of drug-likeness (QED) is 0.659. The largest absolute Gasteiger partial charge is 0.460 e. The summed E-state index contributed by atoms with van der Waals surface area (Å²) in [4.78, 5) is 25.6. The average Bonchev–Trinajstić information content (AvgIpc) is 2.52. The van der Waals surface area contributed by atoms with Crippen molar-refractivity contribution in [2.45, 2.75) is 13.0 Å². The first-order valence-corrected chi connectivity index (χ1v) is 7.23. The molecule has 6 nitrogen and oxygen atoms in total. The van der Waals surface area contributed by atoms with Crippen molar-refractivity contribution in [3.05, 3.63) is 46.7 Å². The van der Waals surface area contributed by atoms with Gasteiger partial charge in [-0.25, -0.2) is 18.4 Å². The first-order valence-electron chi connectivity index (χ1n) is 7.23. The minimum absolute atomic E-state index is 0.0176. The number of halogens is 2. The molecule has 0 radical (unpaired) electrons. The Labute approximate surface area is 138 Å². The number of urea groups is 1. The Bertz CT molecular complexity index is 670. The molecule has 1 N–H and O–H groups in total. The second kappa shape index (κ2) is 7.39. The Balaban J connectivity index is 2.47. The maximum Gasteiger partial charge on any atom is 0.338 e. The molecule has 0 saturated carbocycles. The number of ether oxygens (including phenoxy) is 2. The summed E-state index contributed by atoms with van der Waals surface area (Å²) in [5, 5.41) is 2.43. The second-order valence-electron chi connectivity index (χ2n) is 5.20. The highest BCUT2D eigenvalue weighted by Gasteiger charge is 2.37. The molecule has 0 saturated heterocycles. The molecule has 1 aromatic rings. The number of amides is 2. The number of rotatable bonds is 5. The van der Waals surface area contributed by atoms with Crippen LogP contribution in [-0.4, -0.2) is 44.3 Å². The van der Waals surface area contributed by atoms with Gasteiger partial charge in [-0.1, -0.05) is 6.07 Å². The van der Waals surface area contributed by atoms with E-state index < -0.39 is 35.2 Å². The molecule has 0 unspecified atom stereocenters. The molecule has 0 spiro atoms. The van der Waals surface area contributed by atoms with Crippen LogP contribution in [0.3, 0.4) is 0 Å². The fourth-order valence-electron chi connectivity index (χ4n) is 2.40. The molecule has 0 bridgehead atoms. The van der Waals surface area contributed by atoms with Crippen LogP contribution in [0.1, 0.15) is 18.5 Å². The molecule has 0 aliphatic carbocycles. The van der Waals surface area contributed by atoms with Gasteiger partial charge in [0.1, 0.15) is 18.2 Å². The molecule has 2 amide bonds. The molecule has 1 aliphatic rings. The standard InChI is InChI=1S/C16H18F2N2O4/c1-9-12(15(21)24-8-7-23-3)14(19-16(22)20(9)2)13-10(17)5-4-6-11(13)18/h4-6,14H,7-8H2,1-3H3,(H,19,22)/t14-/m1/s1. The van der Waals surface area contributed by atoms with E-state index in [1.165, 1.54) is 32.0 Å². The van der Waals surface area contributed by atoms with Gasteiger partial charge < -0.3 is 19.7 Å². The number of allylic oxidation sites excluding steroid dienone is 1. The van der Waals surface area contributed by atoms with Crippen LogP contribution in [0.4, 0.5) is 13.6 Å². The summed E-state index contributed by atoms with van der Waals surface area (Å²) in [6.07, 6.45) is 0. The highest BCUT2D eigenvalue weighted by atomic mass is 19.1. The van der Waals surface area contributed by atoms with E-state index in [4.69, 9.17) is 9.47 Å². The predicted molar refractivity (Wildman–Crippen MR) is 80.9 cm³/mol. The van der Waals surface area contributed by atoms with Crippen molar-refractivity contribution in [1.82, 2.24) is 10.2 Å². The number of nitrogens with one attached hydrogen (secondary N) is 1. The highest BCUT2D eigenvalue weighted by Crippen LogP contribution is 2.33. The molecule has 2 rings (SSSR count). The molecule has 1 aliphatic heterocycles. The third kappa shape index (κ3) is 3.38. The third-order valence-electron chi connectivity index (χ3n) is 3.78. The van der Waals surface area contributed by atoms with Gasteiger partial charge in [-0.15, -0.1) is 0 Å². The fourth-order valence-corrected chi connectivity index (χ4v) is 2.40. The van der Waals surface area contributed by atoms with Crippen LogP contribution in [0.2, 0.25) is 0 Å². The number of esters is 1. The zero-order valence-electron chi connectivity index (χ0n) is 13.6. The Kier molecular flexibility index (Phi) is 5.50. The van der Waals surface area contributed by atoms with Crippen molar-refractivity contribution in [1.29, 1.82) is 0 Å². The number of carbonyl (C=O) groups is 2. The molecule has 1 atom stereocenters. The third-order valence-corrected chi connectivity index (χ3v) is 3.78. The van der Waals surface area contributed by atoms with Crippen LogP contribution in [0, 0.1) is 11.6 Å². The van der Waals surface area contributed by atoms with Gasteiger partial charge in [0.25, 0.3) is 0 Å². The number of benzene rings is 1. The number of nitrogens with zero attached hydrogens (tertiary/aromatic N) is 1. The zero-order valence-corrected chi connectivity index (χ0v) is 13.6. The van der Waals surface area contributed by atoms with Crippen LogP contribution in [0.25, 0.3) is 0 Å². The van der Waals surface area contributed by atoms with E-state index in [0.717, 1.165) is 12.1 Å². The molecule has 24 heavy (non-hydrogen) atoms. The molecule has 0 fully saturated rings.